The van der Waals surface area contributed by atoms with E-state index in [2.05, 4.69) is 42.5 Å². The Balaban J connectivity index is 0.805. The summed E-state index contributed by atoms with van der Waals surface area (Å²) in [6, 6.07) is 18.3. The van der Waals surface area contributed by atoms with Crippen LogP contribution in [-0.4, -0.2) is 70.8 Å². The molecule has 3 aliphatic heterocycles. The molecule has 4 heterocycles. The average molecular weight is 742 g/mol. The molecule has 3 aromatic carbocycles. The van der Waals surface area contributed by atoms with E-state index in [9.17, 15) is 29.2 Å². The number of hydrogen-bond donors (Lipinski definition) is 2. The summed E-state index contributed by atoms with van der Waals surface area (Å²) in [6.45, 7) is 7.16. The number of nitriles is 1. The van der Waals surface area contributed by atoms with Crippen molar-refractivity contribution in [1.29, 1.82) is 5.26 Å². The Labute approximate surface area is 316 Å². The van der Waals surface area contributed by atoms with Crippen molar-refractivity contribution < 1.29 is 38.2 Å². The van der Waals surface area contributed by atoms with Gasteiger partial charge in [0.1, 0.15) is 35.5 Å². The third kappa shape index (κ3) is 5.83. The molecule has 4 aliphatic rings. The second-order valence-corrected chi connectivity index (χ2v) is 15.3. The zero-order chi connectivity index (χ0) is 38.6. The molecule has 8 rings (SSSR count). The Morgan fingerprint density at radius 1 is 0.945 bits per heavy atom. The van der Waals surface area contributed by atoms with E-state index >= 15 is 0 Å². The zero-order valence-electron chi connectivity index (χ0n) is 30.6. The van der Waals surface area contributed by atoms with Crippen LogP contribution in [0.5, 0.6) is 17.2 Å². The quantitative estimate of drug-likeness (QED) is 0.157. The van der Waals surface area contributed by atoms with E-state index in [1.165, 1.54) is 12.1 Å². The van der Waals surface area contributed by atoms with Crippen molar-refractivity contribution in [3.05, 3.63) is 94.7 Å². The zero-order valence-corrected chi connectivity index (χ0v) is 30.6. The topological polar surface area (TPSA) is 177 Å². The number of fused-ring (bicyclic) bond motifs is 3. The summed E-state index contributed by atoms with van der Waals surface area (Å²) >= 11 is 0. The van der Waals surface area contributed by atoms with Gasteiger partial charge in [-0.05, 0) is 98.8 Å². The first-order valence-corrected chi connectivity index (χ1v) is 18.4. The van der Waals surface area contributed by atoms with Gasteiger partial charge in [-0.25, -0.2) is 0 Å². The molecule has 0 spiro atoms. The molecule has 3 unspecified atom stereocenters. The van der Waals surface area contributed by atoms with E-state index in [-0.39, 0.29) is 47.4 Å². The van der Waals surface area contributed by atoms with Gasteiger partial charge in [-0.1, -0.05) is 13.8 Å². The van der Waals surface area contributed by atoms with Gasteiger partial charge in [-0.3, -0.25) is 39.2 Å². The number of imide groups is 2. The van der Waals surface area contributed by atoms with Crippen molar-refractivity contribution >= 4 is 40.4 Å². The second kappa shape index (κ2) is 13.5. The molecule has 1 aliphatic carbocycles. The summed E-state index contributed by atoms with van der Waals surface area (Å²) in [5.74, 6) is -0.596. The Bertz CT molecular complexity index is 2330. The summed E-state index contributed by atoms with van der Waals surface area (Å²) < 4.78 is 18.3. The fourth-order valence-corrected chi connectivity index (χ4v) is 8.88. The lowest BCUT2D eigenvalue weighted by molar-refractivity contribution is -0.136. The molecular formula is C42H39N5O8. The van der Waals surface area contributed by atoms with E-state index in [0.29, 0.717) is 47.1 Å². The number of aromatic nitrogens is 1. The van der Waals surface area contributed by atoms with Crippen LogP contribution in [-0.2, 0) is 15.0 Å². The van der Waals surface area contributed by atoms with Crippen LogP contribution in [0.4, 0.5) is 0 Å². The number of pyridine rings is 1. The lowest BCUT2D eigenvalue weighted by Gasteiger charge is -2.66. The summed E-state index contributed by atoms with van der Waals surface area (Å²) in [5, 5.41) is 16.0. The number of unbranched alkanes of at least 4 members (excludes halogenated alkanes) is 2. The SMILES string of the molecule is CC1(C)C(NC(=O)c2ccc(OCCCCCOc3ccc4c(c3)C(=O)N(C3CCC(=O)NC3=O)C4=O)cc2)C2(C)c3ccnc4c(C#N)ccc(c34)O[C@@H]12. The van der Waals surface area contributed by atoms with Crippen LogP contribution in [0.1, 0.15) is 95.1 Å². The highest BCUT2D eigenvalue weighted by atomic mass is 16.5. The third-order valence-corrected chi connectivity index (χ3v) is 11.5. The number of amides is 5. The smallest absolute Gasteiger partial charge is 0.262 e. The molecule has 1 aromatic heterocycles. The summed E-state index contributed by atoms with van der Waals surface area (Å²) in [4.78, 5) is 68.8. The van der Waals surface area contributed by atoms with Crippen LogP contribution in [0.2, 0.25) is 0 Å². The summed E-state index contributed by atoms with van der Waals surface area (Å²) in [6.07, 6.45) is 4.01. The van der Waals surface area contributed by atoms with Gasteiger partial charge in [-0.15, -0.1) is 0 Å². The highest BCUT2D eigenvalue weighted by Gasteiger charge is 2.69. The third-order valence-electron chi connectivity index (χ3n) is 11.5. The first-order chi connectivity index (χ1) is 26.4. The number of nitrogens with zero attached hydrogens (tertiary/aromatic N) is 3. The highest BCUT2D eigenvalue weighted by Crippen LogP contribution is 2.61. The van der Waals surface area contributed by atoms with Crippen LogP contribution in [0.15, 0.2) is 66.9 Å². The fourth-order valence-electron chi connectivity index (χ4n) is 8.88. The van der Waals surface area contributed by atoms with Gasteiger partial charge in [0, 0.05) is 29.0 Å². The minimum absolute atomic E-state index is 0.0605. The summed E-state index contributed by atoms with van der Waals surface area (Å²) in [7, 11) is 0. The Kier molecular flexibility index (Phi) is 8.79. The van der Waals surface area contributed by atoms with Crippen LogP contribution in [0, 0.1) is 16.7 Å². The van der Waals surface area contributed by atoms with Gasteiger partial charge in [-0.2, -0.15) is 5.26 Å². The van der Waals surface area contributed by atoms with E-state index in [4.69, 9.17) is 14.2 Å². The van der Waals surface area contributed by atoms with E-state index in [1.807, 2.05) is 12.1 Å². The maximum Gasteiger partial charge on any atom is 0.262 e. The molecular weight excluding hydrogens is 702 g/mol. The van der Waals surface area contributed by atoms with E-state index in [0.717, 1.165) is 35.1 Å². The van der Waals surface area contributed by atoms with Crippen LogP contribution >= 0.6 is 0 Å². The van der Waals surface area contributed by atoms with Crippen LogP contribution < -0.4 is 24.8 Å². The van der Waals surface area contributed by atoms with Gasteiger partial charge >= 0.3 is 0 Å². The molecule has 13 heteroatoms. The Morgan fingerprint density at radius 2 is 1.65 bits per heavy atom. The predicted molar refractivity (Wildman–Crippen MR) is 198 cm³/mol. The Morgan fingerprint density at radius 3 is 2.38 bits per heavy atom. The minimum atomic E-state index is -1.01. The van der Waals surface area contributed by atoms with Crippen molar-refractivity contribution in [2.45, 2.75) is 76.5 Å². The minimum Gasteiger partial charge on any atom is -0.494 e. The lowest BCUT2D eigenvalue weighted by Crippen LogP contribution is -2.78. The van der Waals surface area contributed by atoms with Crippen molar-refractivity contribution in [1.82, 2.24) is 20.5 Å². The highest BCUT2D eigenvalue weighted by molar-refractivity contribution is 6.23. The maximum absolute atomic E-state index is 13.6. The molecule has 2 N–H and O–H groups in total. The molecule has 0 bridgehead atoms. The first-order valence-electron chi connectivity index (χ1n) is 18.4. The lowest BCUT2D eigenvalue weighted by atomic mass is 9.45. The van der Waals surface area contributed by atoms with Gasteiger partial charge in [0.2, 0.25) is 11.8 Å². The number of benzene rings is 3. The molecule has 13 nitrogen and oxygen atoms in total. The molecule has 5 amide bonds. The first kappa shape index (κ1) is 35.7. The molecule has 4 aromatic rings. The van der Waals surface area contributed by atoms with Crippen LogP contribution in [0.25, 0.3) is 10.9 Å². The predicted octanol–water partition coefficient (Wildman–Crippen LogP) is 4.99. The average Bonchev–Trinajstić information content (AvgIpc) is 3.42. The molecule has 0 radical (unpaired) electrons. The van der Waals surface area contributed by atoms with Gasteiger partial charge in [0.05, 0.1) is 46.9 Å². The van der Waals surface area contributed by atoms with E-state index < -0.39 is 35.1 Å². The maximum atomic E-state index is 13.6. The largest absolute Gasteiger partial charge is 0.494 e. The fraction of sp³-hybridized carbons (Fsp3) is 0.357. The summed E-state index contributed by atoms with van der Waals surface area (Å²) in [5.41, 5.74) is 2.09. The molecule has 2 fully saturated rings. The standard InChI is InChI=1S/C42H39N5O8/c1-41(2)39(42(3)29-17-18-44-34-24(22-43)9-15-31(33(29)34)55-40(41)42)46-35(49)23-7-10-25(11-8-23)53-19-5-4-6-20-54-26-12-13-27-28(21-26)38(52)47(37(27)51)30-14-16-32(48)45-36(30)50/h7-13,15,17-18,21,30,39-40H,4-6,14,16,19-20H2,1-3H3,(H,46,49)(H,45,48,50)/t30?,39?,40-,42?/m0/s1. The number of hydrogen-bond acceptors (Lipinski definition) is 10. The van der Waals surface area contributed by atoms with Crippen molar-refractivity contribution in [2.75, 3.05) is 13.2 Å². The van der Waals surface area contributed by atoms with Crippen molar-refractivity contribution in [3.63, 3.8) is 0 Å². The second-order valence-electron chi connectivity index (χ2n) is 15.3. The number of rotatable bonds is 11. The number of piperidine rings is 1. The number of carbonyl (C=O) groups excluding carboxylic acids is 5. The molecule has 55 heavy (non-hydrogen) atoms. The van der Waals surface area contributed by atoms with Crippen LogP contribution in [0.3, 0.4) is 0 Å². The van der Waals surface area contributed by atoms with Gasteiger partial charge in [0.15, 0.2) is 0 Å². The molecule has 1 saturated heterocycles. The molecule has 4 atom stereocenters. The van der Waals surface area contributed by atoms with E-state index in [1.54, 1.807) is 42.6 Å². The van der Waals surface area contributed by atoms with Crippen molar-refractivity contribution in [2.24, 2.45) is 5.41 Å². The Hall–Kier alpha value is -6.29. The number of ether oxygens (including phenoxy) is 3. The van der Waals surface area contributed by atoms with Gasteiger partial charge in [0.25, 0.3) is 17.7 Å². The number of nitrogens with one attached hydrogen (secondary N) is 2. The van der Waals surface area contributed by atoms with Crippen molar-refractivity contribution in [3.8, 4) is 23.3 Å². The normalized spacial score (nSPS) is 23.2. The molecule has 1 saturated carbocycles. The molecule has 280 valence electrons. The van der Waals surface area contributed by atoms with Gasteiger partial charge < -0.3 is 19.5 Å². The monoisotopic (exact) mass is 741 g/mol. The number of carbonyl (C=O) groups is 5.